The lowest BCUT2D eigenvalue weighted by Crippen LogP contribution is -1.89. The molecule has 1 heterocycles. The minimum Gasteiger partial charge on any atom is -0.247 e. The van der Waals surface area contributed by atoms with Gasteiger partial charge in [0.05, 0.1) is 0 Å². The van der Waals surface area contributed by atoms with Gasteiger partial charge in [-0.2, -0.15) is 0 Å². The van der Waals surface area contributed by atoms with Crippen molar-refractivity contribution >= 4 is 38.5 Å². The van der Waals surface area contributed by atoms with Crippen LogP contribution < -0.4 is 0 Å². The molecular weight excluding hydrogens is 312 g/mol. The highest BCUT2D eigenvalue weighted by Gasteiger charge is 1.99. The lowest BCUT2D eigenvalue weighted by molar-refractivity contribution is 0.610. The first kappa shape index (κ1) is 8.39. The Morgan fingerprint density at radius 2 is 2.40 bits per heavy atom. The number of nitrogens with zero attached hydrogens (tertiary/aromatic N) is 1. The second-order valence-electron chi connectivity index (χ2n) is 1.75. The summed E-state index contributed by atoms with van der Waals surface area (Å²) in [5, 5.41) is 0.647. The second kappa shape index (κ2) is 3.61. The van der Waals surface area contributed by atoms with Crippen LogP contribution in [0.1, 0.15) is 5.56 Å². The van der Waals surface area contributed by atoms with Gasteiger partial charge in [-0.15, -0.1) is 0 Å². The van der Waals surface area contributed by atoms with Crippen molar-refractivity contribution in [1.29, 1.82) is 0 Å². The third-order valence-electron chi connectivity index (χ3n) is 1.01. The van der Waals surface area contributed by atoms with Crippen LogP contribution in [0.5, 0.6) is 0 Å². The number of alkyl halides is 1. The topological polar surface area (TPSA) is 12.9 Å². The quantitative estimate of drug-likeness (QED) is 0.441. The van der Waals surface area contributed by atoms with E-state index < -0.39 is 0 Å². The van der Waals surface area contributed by atoms with Crippen LogP contribution in [0, 0.1) is 9.52 Å². The van der Waals surface area contributed by atoms with E-state index in [4.69, 9.17) is 0 Å². The molecule has 0 radical (unpaired) electrons. The highest BCUT2D eigenvalue weighted by molar-refractivity contribution is 14.1. The zero-order valence-corrected chi connectivity index (χ0v) is 8.69. The standard InChI is InChI=1S/C6H4BrFIN/c7-2-4-1-5(8)6(9)10-3-4/h1,3H,2H2. The summed E-state index contributed by atoms with van der Waals surface area (Å²) in [7, 11) is 0. The van der Waals surface area contributed by atoms with Crippen molar-refractivity contribution in [1.82, 2.24) is 4.98 Å². The van der Waals surface area contributed by atoms with Crippen molar-refractivity contribution in [3.8, 4) is 0 Å². The van der Waals surface area contributed by atoms with Gasteiger partial charge in [0.1, 0.15) is 3.70 Å². The van der Waals surface area contributed by atoms with Gasteiger partial charge in [-0.25, -0.2) is 9.37 Å². The molecule has 0 bridgehead atoms. The number of aromatic nitrogens is 1. The summed E-state index contributed by atoms with van der Waals surface area (Å²) in [5.41, 5.74) is 0.859. The van der Waals surface area contributed by atoms with E-state index in [1.807, 2.05) is 22.6 Å². The molecule has 0 aliphatic rings. The third-order valence-corrected chi connectivity index (χ3v) is 2.45. The van der Waals surface area contributed by atoms with Crippen LogP contribution in [0.4, 0.5) is 4.39 Å². The van der Waals surface area contributed by atoms with Crippen molar-refractivity contribution in [2.75, 3.05) is 0 Å². The van der Waals surface area contributed by atoms with Gasteiger partial charge in [0.2, 0.25) is 0 Å². The molecule has 54 valence electrons. The van der Waals surface area contributed by atoms with E-state index in [-0.39, 0.29) is 5.82 Å². The van der Waals surface area contributed by atoms with Gasteiger partial charge in [-0.3, -0.25) is 0 Å². The lowest BCUT2D eigenvalue weighted by atomic mass is 10.3. The number of rotatable bonds is 1. The number of halogens is 3. The van der Waals surface area contributed by atoms with Gasteiger partial charge < -0.3 is 0 Å². The van der Waals surface area contributed by atoms with Crippen molar-refractivity contribution in [3.63, 3.8) is 0 Å². The van der Waals surface area contributed by atoms with Gasteiger partial charge in [0.25, 0.3) is 0 Å². The highest BCUT2D eigenvalue weighted by atomic mass is 127. The van der Waals surface area contributed by atoms with Gasteiger partial charge in [-0.1, -0.05) is 15.9 Å². The Morgan fingerprint density at radius 3 is 2.90 bits per heavy atom. The molecule has 0 amide bonds. The Labute approximate surface area is 80.3 Å². The first-order valence-corrected chi connectivity index (χ1v) is 4.80. The zero-order chi connectivity index (χ0) is 7.56. The minimum atomic E-state index is -0.252. The fraction of sp³-hybridized carbons (Fsp3) is 0.167. The normalized spacial score (nSPS) is 9.90. The van der Waals surface area contributed by atoms with Crippen LogP contribution >= 0.6 is 38.5 Å². The van der Waals surface area contributed by atoms with E-state index in [1.165, 1.54) is 6.07 Å². The molecule has 0 unspecified atom stereocenters. The van der Waals surface area contributed by atoms with Crippen molar-refractivity contribution in [2.45, 2.75) is 5.33 Å². The summed E-state index contributed by atoms with van der Waals surface area (Å²) >= 11 is 5.06. The predicted molar refractivity (Wildman–Crippen MR) is 49.5 cm³/mol. The van der Waals surface area contributed by atoms with Gasteiger partial charge in [-0.05, 0) is 34.2 Å². The molecule has 1 rings (SSSR count). The molecule has 4 heteroatoms. The SMILES string of the molecule is Fc1cc(CBr)cnc1I. The van der Waals surface area contributed by atoms with Crippen molar-refractivity contribution in [3.05, 3.63) is 27.3 Å². The summed E-state index contributed by atoms with van der Waals surface area (Å²) < 4.78 is 13.1. The third kappa shape index (κ3) is 1.88. The van der Waals surface area contributed by atoms with E-state index in [9.17, 15) is 4.39 Å². The number of pyridine rings is 1. The maximum atomic E-state index is 12.7. The molecule has 0 aromatic carbocycles. The van der Waals surface area contributed by atoms with E-state index in [0.29, 0.717) is 9.03 Å². The predicted octanol–water partition coefficient (Wildman–Crippen LogP) is 2.72. The smallest absolute Gasteiger partial charge is 0.155 e. The van der Waals surface area contributed by atoms with Crippen LogP contribution in [0.2, 0.25) is 0 Å². The van der Waals surface area contributed by atoms with E-state index in [1.54, 1.807) is 6.20 Å². The molecule has 0 fully saturated rings. The Kier molecular flexibility index (Phi) is 3.03. The maximum absolute atomic E-state index is 12.7. The average Bonchev–Trinajstić information content (AvgIpc) is 1.95. The van der Waals surface area contributed by atoms with Crippen LogP contribution in [0.3, 0.4) is 0 Å². The fourth-order valence-corrected chi connectivity index (χ4v) is 1.14. The summed E-state index contributed by atoms with van der Waals surface area (Å²) in [6, 6.07) is 1.48. The summed E-state index contributed by atoms with van der Waals surface area (Å²) in [6.45, 7) is 0. The summed E-state index contributed by atoms with van der Waals surface area (Å²) in [5.74, 6) is -0.252. The molecule has 1 aromatic heterocycles. The maximum Gasteiger partial charge on any atom is 0.155 e. The molecule has 0 saturated carbocycles. The summed E-state index contributed by atoms with van der Waals surface area (Å²) in [6.07, 6.45) is 1.65. The van der Waals surface area contributed by atoms with Crippen molar-refractivity contribution < 1.29 is 4.39 Å². The number of hydrogen-bond donors (Lipinski definition) is 0. The van der Waals surface area contributed by atoms with Gasteiger partial charge >= 0.3 is 0 Å². The van der Waals surface area contributed by atoms with Crippen LogP contribution in [-0.4, -0.2) is 4.98 Å². The van der Waals surface area contributed by atoms with Crippen LogP contribution in [0.25, 0.3) is 0 Å². The molecule has 10 heavy (non-hydrogen) atoms. The van der Waals surface area contributed by atoms with Gasteiger partial charge in [0, 0.05) is 11.5 Å². The average molecular weight is 316 g/mol. The minimum absolute atomic E-state index is 0.252. The fourth-order valence-electron chi connectivity index (χ4n) is 0.534. The molecule has 0 aliphatic carbocycles. The van der Waals surface area contributed by atoms with Crippen LogP contribution in [-0.2, 0) is 5.33 Å². The Bertz CT molecular complexity index is 241. The first-order valence-electron chi connectivity index (χ1n) is 2.60. The molecule has 0 aliphatic heterocycles. The monoisotopic (exact) mass is 315 g/mol. The summed E-state index contributed by atoms with van der Waals surface area (Å²) in [4.78, 5) is 3.83. The van der Waals surface area contributed by atoms with Crippen molar-refractivity contribution in [2.24, 2.45) is 0 Å². The molecule has 0 atom stereocenters. The van der Waals surface area contributed by atoms with E-state index in [0.717, 1.165) is 5.56 Å². The molecule has 1 aromatic rings. The lowest BCUT2D eigenvalue weighted by Gasteiger charge is -1.95. The first-order chi connectivity index (χ1) is 4.74. The Hall–Kier alpha value is 0.290. The van der Waals surface area contributed by atoms with Crippen LogP contribution in [0.15, 0.2) is 12.3 Å². The van der Waals surface area contributed by atoms with E-state index >= 15 is 0 Å². The van der Waals surface area contributed by atoms with Gasteiger partial charge in [0.15, 0.2) is 5.82 Å². The second-order valence-corrected chi connectivity index (χ2v) is 3.33. The molecule has 1 nitrogen and oxygen atoms in total. The molecule has 0 spiro atoms. The molecule has 0 N–H and O–H groups in total. The molecule has 0 saturated heterocycles. The largest absolute Gasteiger partial charge is 0.247 e. The van der Waals surface area contributed by atoms with E-state index in [2.05, 4.69) is 20.9 Å². The zero-order valence-electron chi connectivity index (χ0n) is 4.94. The Balaban J connectivity index is 3.04. The highest BCUT2D eigenvalue weighted by Crippen LogP contribution is 2.10. The Morgan fingerprint density at radius 1 is 1.70 bits per heavy atom. The number of hydrogen-bond acceptors (Lipinski definition) is 1. The molecular formula is C6H4BrFIN.